The molecule has 1 atom stereocenters. The van der Waals surface area contributed by atoms with E-state index < -0.39 is 17.9 Å². The van der Waals surface area contributed by atoms with Crippen LogP contribution in [0.5, 0.6) is 0 Å². The maximum Gasteiger partial charge on any atom is 0.327 e. The van der Waals surface area contributed by atoms with E-state index >= 15 is 0 Å². The molecule has 0 spiro atoms. The topological polar surface area (TPSA) is 95.5 Å². The number of carbonyl (C=O) groups is 3. The van der Waals surface area contributed by atoms with Crippen molar-refractivity contribution >= 4 is 29.5 Å². The Bertz CT molecular complexity index is 283. The van der Waals surface area contributed by atoms with E-state index in [4.69, 9.17) is 5.11 Å². The van der Waals surface area contributed by atoms with E-state index in [1.54, 1.807) is 0 Å². The van der Waals surface area contributed by atoms with Crippen LogP contribution in [-0.2, 0) is 14.4 Å². The van der Waals surface area contributed by atoms with Gasteiger partial charge in [0.25, 0.3) is 0 Å². The summed E-state index contributed by atoms with van der Waals surface area (Å²) < 4.78 is 0. The lowest BCUT2D eigenvalue weighted by molar-refractivity contribution is -0.140. The standard InChI is InChI=1S/C10H18N2O4S/c1-3-4-11-9(14)6-17-5-8(10(15)16)12-7(2)13/h8H,3-6H2,1-2H3,(H,11,14)(H,12,13)(H,15,16). The summed E-state index contributed by atoms with van der Waals surface area (Å²) >= 11 is 1.18. The first-order valence-electron chi connectivity index (χ1n) is 5.31. The number of carbonyl (C=O) groups excluding carboxylic acids is 2. The van der Waals surface area contributed by atoms with Gasteiger partial charge in [-0.05, 0) is 6.42 Å². The maximum atomic E-state index is 11.2. The number of amides is 2. The van der Waals surface area contributed by atoms with Crippen molar-refractivity contribution in [3.05, 3.63) is 0 Å². The zero-order chi connectivity index (χ0) is 13.3. The molecule has 0 saturated carbocycles. The molecule has 0 fully saturated rings. The highest BCUT2D eigenvalue weighted by atomic mass is 32.2. The number of carboxylic acid groups (broad SMARTS) is 1. The first-order chi connectivity index (χ1) is 7.97. The van der Waals surface area contributed by atoms with Crippen LogP contribution in [0.4, 0.5) is 0 Å². The van der Waals surface area contributed by atoms with Gasteiger partial charge in [-0.2, -0.15) is 0 Å². The molecule has 98 valence electrons. The molecule has 0 aliphatic carbocycles. The lowest BCUT2D eigenvalue weighted by atomic mass is 10.3. The number of hydrogen-bond donors (Lipinski definition) is 3. The molecule has 1 unspecified atom stereocenters. The summed E-state index contributed by atoms with van der Waals surface area (Å²) in [6.45, 7) is 3.83. The van der Waals surface area contributed by atoms with E-state index in [1.165, 1.54) is 18.7 Å². The molecule has 7 heteroatoms. The Morgan fingerprint density at radius 3 is 2.47 bits per heavy atom. The first kappa shape index (κ1) is 15.8. The highest BCUT2D eigenvalue weighted by Crippen LogP contribution is 2.03. The molecule has 0 rings (SSSR count). The highest BCUT2D eigenvalue weighted by Gasteiger charge is 2.18. The van der Waals surface area contributed by atoms with Gasteiger partial charge < -0.3 is 15.7 Å². The third kappa shape index (κ3) is 8.56. The van der Waals surface area contributed by atoms with Crippen LogP contribution in [0.15, 0.2) is 0 Å². The van der Waals surface area contributed by atoms with Crippen LogP contribution in [0.1, 0.15) is 20.3 Å². The van der Waals surface area contributed by atoms with Crippen LogP contribution >= 0.6 is 11.8 Å². The Morgan fingerprint density at radius 1 is 1.35 bits per heavy atom. The Morgan fingerprint density at radius 2 is 2.00 bits per heavy atom. The van der Waals surface area contributed by atoms with Gasteiger partial charge in [0.1, 0.15) is 6.04 Å². The average Bonchev–Trinajstić information content (AvgIpc) is 2.24. The minimum absolute atomic E-state index is 0.121. The van der Waals surface area contributed by atoms with Crippen LogP contribution in [-0.4, -0.2) is 47.0 Å². The normalized spacial score (nSPS) is 11.6. The predicted octanol–water partition coefficient (Wildman–Crippen LogP) is -0.165. The first-order valence-corrected chi connectivity index (χ1v) is 6.47. The van der Waals surface area contributed by atoms with E-state index in [2.05, 4.69) is 10.6 Å². The summed E-state index contributed by atoms with van der Waals surface area (Å²) in [4.78, 5) is 32.7. The molecule has 17 heavy (non-hydrogen) atoms. The lowest BCUT2D eigenvalue weighted by Gasteiger charge is -2.12. The fraction of sp³-hybridized carbons (Fsp3) is 0.700. The molecule has 6 nitrogen and oxygen atoms in total. The summed E-state index contributed by atoms with van der Waals surface area (Å²) in [7, 11) is 0. The number of carboxylic acids is 1. The molecule has 0 bridgehead atoms. The monoisotopic (exact) mass is 262 g/mol. The van der Waals surface area contributed by atoms with Crippen molar-refractivity contribution in [1.82, 2.24) is 10.6 Å². The molecule has 0 aliphatic rings. The number of thioether (sulfide) groups is 1. The summed E-state index contributed by atoms with van der Waals surface area (Å²) in [5.74, 6) is -1.24. The van der Waals surface area contributed by atoms with Crippen molar-refractivity contribution < 1.29 is 19.5 Å². The highest BCUT2D eigenvalue weighted by molar-refractivity contribution is 8.00. The molecule has 0 aliphatic heterocycles. The van der Waals surface area contributed by atoms with Crippen LogP contribution in [0.2, 0.25) is 0 Å². The second-order valence-corrected chi connectivity index (χ2v) is 4.49. The fourth-order valence-corrected chi connectivity index (χ4v) is 1.87. The van der Waals surface area contributed by atoms with Gasteiger partial charge in [0.05, 0.1) is 5.75 Å². The molecule has 0 aromatic heterocycles. The SMILES string of the molecule is CCCNC(=O)CSCC(NC(C)=O)C(=O)O. The Kier molecular flexibility index (Phi) is 8.21. The molecule has 3 N–H and O–H groups in total. The third-order valence-electron chi connectivity index (χ3n) is 1.77. The van der Waals surface area contributed by atoms with Gasteiger partial charge in [0, 0.05) is 19.2 Å². The van der Waals surface area contributed by atoms with Gasteiger partial charge in [-0.15, -0.1) is 11.8 Å². The van der Waals surface area contributed by atoms with Gasteiger partial charge in [-0.25, -0.2) is 4.79 Å². The third-order valence-corrected chi connectivity index (χ3v) is 2.80. The van der Waals surface area contributed by atoms with Crippen LogP contribution < -0.4 is 10.6 Å². The van der Waals surface area contributed by atoms with E-state index in [0.717, 1.165) is 6.42 Å². The van der Waals surface area contributed by atoms with Gasteiger partial charge in [0.15, 0.2) is 0 Å². The van der Waals surface area contributed by atoms with Gasteiger partial charge in [-0.1, -0.05) is 6.92 Å². The zero-order valence-corrected chi connectivity index (χ0v) is 10.8. The Balaban J connectivity index is 3.85. The van der Waals surface area contributed by atoms with Gasteiger partial charge >= 0.3 is 5.97 Å². The Labute approximate surface area is 105 Å². The number of hydrogen-bond acceptors (Lipinski definition) is 4. The summed E-state index contributed by atoms with van der Waals surface area (Å²) in [5.41, 5.74) is 0. The molecular formula is C10H18N2O4S. The van der Waals surface area contributed by atoms with Crippen molar-refractivity contribution in [2.75, 3.05) is 18.1 Å². The van der Waals surface area contributed by atoms with Crippen molar-refractivity contribution in [2.45, 2.75) is 26.3 Å². The van der Waals surface area contributed by atoms with E-state index in [1.807, 2.05) is 6.92 Å². The van der Waals surface area contributed by atoms with Crippen LogP contribution in [0.3, 0.4) is 0 Å². The molecular weight excluding hydrogens is 244 g/mol. The second-order valence-electron chi connectivity index (χ2n) is 3.46. The van der Waals surface area contributed by atoms with Crippen molar-refractivity contribution in [2.24, 2.45) is 0 Å². The lowest BCUT2D eigenvalue weighted by Crippen LogP contribution is -2.41. The number of aliphatic carboxylic acids is 1. The van der Waals surface area contributed by atoms with Crippen molar-refractivity contribution in [1.29, 1.82) is 0 Å². The van der Waals surface area contributed by atoms with Crippen LogP contribution in [0, 0.1) is 0 Å². The van der Waals surface area contributed by atoms with Crippen molar-refractivity contribution in [3.8, 4) is 0 Å². The van der Waals surface area contributed by atoms with E-state index in [-0.39, 0.29) is 17.4 Å². The van der Waals surface area contributed by atoms with E-state index in [0.29, 0.717) is 6.54 Å². The minimum atomic E-state index is -1.10. The molecule has 2 amide bonds. The molecule has 0 saturated heterocycles. The second kappa shape index (κ2) is 8.86. The largest absolute Gasteiger partial charge is 0.480 e. The molecule has 0 radical (unpaired) electrons. The smallest absolute Gasteiger partial charge is 0.327 e. The fourth-order valence-electron chi connectivity index (χ4n) is 1.00. The summed E-state index contributed by atoms with van der Waals surface area (Å²) in [5, 5.41) is 13.8. The van der Waals surface area contributed by atoms with Gasteiger partial charge in [0.2, 0.25) is 11.8 Å². The molecule has 0 aromatic carbocycles. The van der Waals surface area contributed by atoms with Crippen molar-refractivity contribution in [3.63, 3.8) is 0 Å². The van der Waals surface area contributed by atoms with E-state index in [9.17, 15) is 14.4 Å². The summed E-state index contributed by atoms with van der Waals surface area (Å²) in [6.07, 6.45) is 0.861. The Hall–Kier alpha value is -1.24. The number of rotatable bonds is 8. The predicted molar refractivity (Wildman–Crippen MR) is 65.9 cm³/mol. The maximum absolute atomic E-state index is 11.2. The molecule has 0 aromatic rings. The quantitative estimate of drug-likeness (QED) is 0.564. The summed E-state index contributed by atoms with van der Waals surface area (Å²) in [6, 6.07) is -0.948. The number of nitrogens with one attached hydrogen (secondary N) is 2. The minimum Gasteiger partial charge on any atom is -0.480 e. The van der Waals surface area contributed by atoms with Crippen LogP contribution in [0.25, 0.3) is 0 Å². The average molecular weight is 262 g/mol. The zero-order valence-electron chi connectivity index (χ0n) is 9.99. The molecule has 0 heterocycles. The van der Waals surface area contributed by atoms with Gasteiger partial charge in [-0.3, -0.25) is 9.59 Å².